The van der Waals surface area contributed by atoms with Crippen LogP contribution >= 0.6 is 0 Å². The summed E-state index contributed by atoms with van der Waals surface area (Å²) in [5.41, 5.74) is 7.70. The van der Waals surface area contributed by atoms with Crippen LogP contribution in [-0.4, -0.2) is 17.4 Å². The van der Waals surface area contributed by atoms with Crippen molar-refractivity contribution in [1.82, 2.24) is 10.3 Å². The molecule has 0 fully saturated rings. The number of benzene rings is 1. The van der Waals surface area contributed by atoms with Crippen molar-refractivity contribution in [1.29, 1.82) is 0 Å². The fraction of sp³-hybridized carbons (Fsp3) is 0.200. The van der Waals surface area contributed by atoms with Gasteiger partial charge in [-0.25, -0.2) is 0 Å². The summed E-state index contributed by atoms with van der Waals surface area (Å²) in [7, 11) is 0. The number of anilines is 1. The lowest BCUT2D eigenvalue weighted by Gasteiger charge is -2.08. The summed E-state index contributed by atoms with van der Waals surface area (Å²) in [5.74, 6) is 0.406. The minimum Gasteiger partial charge on any atom is -0.489 e. The minimum atomic E-state index is -0.203. The number of pyridine rings is 1. The van der Waals surface area contributed by atoms with E-state index in [4.69, 9.17) is 10.5 Å². The second-order valence-electron chi connectivity index (χ2n) is 4.27. The summed E-state index contributed by atoms with van der Waals surface area (Å²) in [5, 5.41) is 2.70. The number of hydrogen-bond acceptors (Lipinski definition) is 4. The number of carbonyl (C=O) groups excluding carboxylic acids is 1. The molecule has 0 spiro atoms. The number of ether oxygens (including phenoxy) is 1. The third-order valence-corrected chi connectivity index (χ3v) is 2.69. The molecule has 0 aliphatic carbocycles. The van der Waals surface area contributed by atoms with Crippen LogP contribution in [0.3, 0.4) is 0 Å². The van der Waals surface area contributed by atoms with Crippen molar-refractivity contribution in [3.8, 4) is 5.75 Å². The van der Waals surface area contributed by atoms with Crippen molar-refractivity contribution in [3.05, 3.63) is 53.9 Å². The zero-order valence-electron chi connectivity index (χ0n) is 11.3. The average Bonchev–Trinajstić information content (AvgIpc) is 2.47. The van der Waals surface area contributed by atoms with E-state index in [-0.39, 0.29) is 5.91 Å². The molecular weight excluding hydrogens is 254 g/mol. The predicted octanol–water partition coefficient (Wildman–Crippen LogP) is 1.99. The standard InChI is InChI=1S/C15H17N3O2/c1-2-17-15(19)14-9-13(7-8-18-14)20-10-11-3-5-12(16)6-4-11/h3-9H,2,10,16H2,1H3,(H,17,19). The molecule has 104 valence electrons. The topological polar surface area (TPSA) is 77.2 Å². The summed E-state index contributed by atoms with van der Waals surface area (Å²) < 4.78 is 5.64. The normalized spacial score (nSPS) is 10.1. The second kappa shape index (κ2) is 6.56. The molecular formula is C15H17N3O2. The molecule has 0 saturated carbocycles. The summed E-state index contributed by atoms with van der Waals surface area (Å²) in [6.07, 6.45) is 1.56. The molecule has 3 N–H and O–H groups in total. The van der Waals surface area contributed by atoms with E-state index in [1.807, 2.05) is 31.2 Å². The maximum absolute atomic E-state index is 11.7. The minimum absolute atomic E-state index is 0.203. The van der Waals surface area contributed by atoms with Crippen molar-refractivity contribution >= 4 is 11.6 Å². The third kappa shape index (κ3) is 3.71. The number of hydrogen-bond donors (Lipinski definition) is 2. The van der Waals surface area contributed by atoms with Gasteiger partial charge in [-0.1, -0.05) is 12.1 Å². The van der Waals surface area contributed by atoms with Crippen LogP contribution in [0.15, 0.2) is 42.6 Å². The molecule has 1 aromatic carbocycles. The molecule has 0 atom stereocenters. The van der Waals surface area contributed by atoms with Crippen LogP contribution in [0.5, 0.6) is 5.75 Å². The highest BCUT2D eigenvalue weighted by Gasteiger charge is 2.07. The molecule has 2 aromatic rings. The molecule has 1 aromatic heterocycles. The van der Waals surface area contributed by atoms with Crippen LogP contribution in [0.2, 0.25) is 0 Å². The summed E-state index contributed by atoms with van der Waals surface area (Å²) in [6, 6.07) is 10.8. The monoisotopic (exact) mass is 271 g/mol. The number of rotatable bonds is 5. The molecule has 0 aliphatic heterocycles. The Kier molecular flexibility index (Phi) is 4.55. The fourth-order valence-electron chi connectivity index (χ4n) is 1.66. The number of aromatic nitrogens is 1. The number of carbonyl (C=O) groups is 1. The van der Waals surface area contributed by atoms with E-state index in [1.54, 1.807) is 18.3 Å². The van der Waals surface area contributed by atoms with Crippen molar-refractivity contribution in [2.75, 3.05) is 12.3 Å². The molecule has 20 heavy (non-hydrogen) atoms. The molecule has 5 nitrogen and oxygen atoms in total. The summed E-state index contributed by atoms with van der Waals surface area (Å²) >= 11 is 0. The summed E-state index contributed by atoms with van der Waals surface area (Å²) in [6.45, 7) is 2.84. The SMILES string of the molecule is CCNC(=O)c1cc(OCc2ccc(N)cc2)ccn1. The van der Waals surface area contributed by atoms with Crippen LogP contribution < -0.4 is 15.8 Å². The Morgan fingerprint density at radius 1 is 1.30 bits per heavy atom. The van der Waals surface area contributed by atoms with Gasteiger partial charge in [0.05, 0.1) is 0 Å². The number of nitrogens with zero attached hydrogens (tertiary/aromatic N) is 1. The predicted molar refractivity (Wildman–Crippen MR) is 77.4 cm³/mol. The smallest absolute Gasteiger partial charge is 0.270 e. The Hall–Kier alpha value is -2.56. The number of amides is 1. The maximum Gasteiger partial charge on any atom is 0.270 e. The lowest BCUT2D eigenvalue weighted by Crippen LogP contribution is -2.23. The third-order valence-electron chi connectivity index (χ3n) is 2.69. The van der Waals surface area contributed by atoms with Crippen molar-refractivity contribution in [2.24, 2.45) is 0 Å². The molecule has 1 amide bonds. The number of nitrogens with two attached hydrogens (primary N) is 1. The van der Waals surface area contributed by atoms with Crippen LogP contribution in [0.25, 0.3) is 0 Å². The first-order chi connectivity index (χ1) is 9.69. The highest BCUT2D eigenvalue weighted by atomic mass is 16.5. The number of nitrogen functional groups attached to an aromatic ring is 1. The molecule has 0 unspecified atom stereocenters. The van der Waals surface area contributed by atoms with Gasteiger partial charge in [0.2, 0.25) is 0 Å². The zero-order valence-corrected chi connectivity index (χ0v) is 11.3. The second-order valence-corrected chi connectivity index (χ2v) is 4.27. The Balaban J connectivity index is 2.01. The first-order valence-electron chi connectivity index (χ1n) is 6.40. The van der Waals surface area contributed by atoms with Gasteiger partial charge in [-0.05, 0) is 30.7 Å². The van der Waals surface area contributed by atoms with Gasteiger partial charge in [-0.3, -0.25) is 9.78 Å². The Labute approximate surface area is 117 Å². The van der Waals surface area contributed by atoms with Crippen LogP contribution in [0.1, 0.15) is 23.0 Å². The number of nitrogens with one attached hydrogen (secondary N) is 1. The van der Waals surface area contributed by atoms with E-state index in [0.717, 1.165) is 11.3 Å². The molecule has 0 saturated heterocycles. The Bertz CT molecular complexity index is 582. The van der Waals surface area contributed by atoms with E-state index in [1.165, 1.54) is 0 Å². The van der Waals surface area contributed by atoms with Crippen LogP contribution in [0, 0.1) is 0 Å². The van der Waals surface area contributed by atoms with E-state index < -0.39 is 0 Å². The van der Waals surface area contributed by atoms with Gasteiger partial charge >= 0.3 is 0 Å². The lowest BCUT2D eigenvalue weighted by atomic mass is 10.2. The van der Waals surface area contributed by atoms with Crippen LogP contribution in [0.4, 0.5) is 5.69 Å². The van der Waals surface area contributed by atoms with Crippen LogP contribution in [-0.2, 0) is 6.61 Å². The van der Waals surface area contributed by atoms with Gasteiger partial charge in [-0.15, -0.1) is 0 Å². The van der Waals surface area contributed by atoms with Crippen molar-refractivity contribution in [2.45, 2.75) is 13.5 Å². The molecule has 5 heteroatoms. The van der Waals surface area contributed by atoms with Gasteiger partial charge in [0, 0.05) is 24.5 Å². The molecule has 1 heterocycles. The highest BCUT2D eigenvalue weighted by molar-refractivity contribution is 5.92. The summed E-state index contributed by atoms with van der Waals surface area (Å²) in [4.78, 5) is 15.7. The van der Waals surface area contributed by atoms with Gasteiger partial charge in [0.1, 0.15) is 18.1 Å². The van der Waals surface area contributed by atoms with Gasteiger partial charge in [0.15, 0.2) is 0 Å². The van der Waals surface area contributed by atoms with E-state index >= 15 is 0 Å². The van der Waals surface area contributed by atoms with Gasteiger partial charge in [0.25, 0.3) is 5.91 Å². The van der Waals surface area contributed by atoms with E-state index in [2.05, 4.69) is 10.3 Å². The first-order valence-corrected chi connectivity index (χ1v) is 6.40. The fourth-order valence-corrected chi connectivity index (χ4v) is 1.66. The van der Waals surface area contributed by atoms with Gasteiger partial charge < -0.3 is 15.8 Å². The molecule has 0 radical (unpaired) electrons. The maximum atomic E-state index is 11.7. The van der Waals surface area contributed by atoms with Gasteiger partial charge in [-0.2, -0.15) is 0 Å². The quantitative estimate of drug-likeness (QED) is 0.815. The van der Waals surface area contributed by atoms with Crippen molar-refractivity contribution < 1.29 is 9.53 Å². The van der Waals surface area contributed by atoms with E-state index in [9.17, 15) is 4.79 Å². The van der Waals surface area contributed by atoms with Crippen molar-refractivity contribution in [3.63, 3.8) is 0 Å². The first kappa shape index (κ1) is 13.9. The molecule has 0 bridgehead atoms. The average molecular weight is 271 g/mol. The Morgan fingerprint density at radius 2 is 2.05 bits per heavy atom. The largest absolute Gasteiger partial charge is 0.489 e. The molecule has 0 aliphatic rings. The van der Waals surface area contributed by atoms with E-state index in [0.29, 0.717) is 24.6 Å². The highest BCUT2D eigenvalue weighted by Crippen LogP contribution is 2.14. The zero-order chi connectivity index (χ0) is 14.4. The lowest BCUT2D eigenvalue weighted by molar-refractivity contribution is 0.0950. The Morgan fingerprint density at radius 3 is 2.75 bits per heavy atom. The molecule has 2 rings (SSSR count).